The number of hydrogen-bond acceptors (Lipinski definition) is 4. The van der Waals surface area contributed by atoms with Gasteiger partial charge in [0.05, 0.1) is 19.3 Å². The maximum atomic E-state index is 12.6. The van der Waals surface area contributed by atoms with Crippen molar-refractivity contribution in [3.8, 4) is 11.5 Å². The molecule has 1 aliphatic heterocycles. The lowest BCUT2D eigenvalue weighted by atomic mass is 9.66. The average molecular weight is 406 g/mol. The van der Waals surface area contributed by atoms with E-state index in [2.05, 4.69) is 12.2 Å². The Morgan fingerprint density at radius 1 is 1.31 bits per heavy atom. The summed E-state index contributed by atoms with van der Waals surface area (Å²) < 4.78 is 5.33. The second kappa shape index (κ2) is 9.81. The maximum absolute atomic E-state index is 12.6. The molecular weight excluding hydrogens is 368 g/mol. The standard InChI is InChI=1S/C23H36N2O4/c1-3-4-7-13-24-21(27)16-25-14-12-23(28)11-6-5-8-18(23)22(25)17-9-10-19(26)20(15-17)29-2/h9-10,15,18,22,26,28H,3-8,11-14,16H2,1-2H3,(H,24,27)/p+1/t18-,22-,23-/m1/s1. The number of fused-ring (bicyclic) bond motifs is 1. The largest absolute Gasteiger partial charge is 0.504 e. The normalized spacial score (nSPS) is 29.1. The van der Waals surface area contributed by atoms with E-state index in [0.29, 0.717) is 12.3 Å². The molecule has 162 valence electrons. The van der Waals surface area contributed by atoms with Gasteiger partial charge in [-0.05, 0) is 37.5 Å². The number of unbranched alkanes of at least 4 members (excludes halogenated alkanes) is 2. The van der Waals surface area contributed by atoms with Crippen molar-refractivity contribution in [1.82, 2.24) is 5.32 Å². The number of quaternary nitrogens is 1. The first kappa shape index (κ1) is 21.9. The third-order valence-corrected chi connectivity index (χ3v) is 6.84. The van der Waals surface area contributed by atoms with E-state index in [9.17, 15) is 15.0 Å². The monoisotopic (exact) mass is 405 g/mol. The molecule has 1 saturated heterocycles. The Labute approximate surface area is 174 Å². The van der Waals surface area contributed by atoms with Crippen LogP contribution in [0.5, 0.6) is 11.5 Å². The molecule has 1 aliphatic carbocycles. The maximum Gasteiger partial charge on any atom is 0.275 e. The van der Waals surface area contributed by atoms with Crippen molar-refractivity contribution in [1.29, 1.82) is 0 Å². The van der Waals surface area contributed by atoms with Gasteiger partial charge in [-0.25, -0.2) is 0 Å². The number of phenols is 1. The fourth-order valence-corrected chi connectivity index (χ4v) is 5.28. The Hall–Kier alpha value is -1.79. The number of methoxy groups -OCH3 is 1. The van der Waals surface area contributed by atoms with Crippen LogP contribution in [0.25, 0.3) is 0 Å². The highest BCUT2D eigenvalue weighted by atomic mass is 16.5. The number of likely N-dealkylation sites (tertiary alicyclic amines) is 1. The molecule has 6 nitrogen and oxygen atoms in total. The molecule has 0 radical (unpaired) electrons. The predicted octanol–water partition coefficient (Wildman–Crippen LogP) is 1.96. The highest BCUT2D eigenvalue weighted by Gasteiger charge is 2.52. The molecule has 0 aromatic heterocycles. The van der Waals surface area contributed by atoms with Gasteiger partial charge in [0.15, 0.2) is 18.0 Å². The van der Waals surface area contributed by atoms with Crippen molar-refractivity contribution in [3.05, 3.63) is 23.8 Å². The molecule has 4 atom stereocenters. The Kier molecular flexibility index (Phi) is 7.41. The minimum atomic E-state index is -0.658. The summed E-state index contributed by atoms with van der Waals surface area (Å²) in [6, 6.07) is 5.47. The number of carbonyl (C=O) groups excluding carboxylic acids is 1. The van der Waals surface area contributed by atoms with Crippen LogP contribution < -0.4 is 15.0 Å². The Balaban J connectivity index is 1.81. The van der Waals surface area contributed by atoms with Gasteiger partial charge in [0.1, 0.15) is 6.04 Å². The number of nitrogens with one attached hydrogen (secondary N) is 2. The third kappa shape index (κ3) is 5.04. The van der Waals surface area contributed by atoms with Crippen molar-refractivity contribution < 1.29 is 24.6 Å². The van der Waals surface area contributed by atoms with Crippen LogP contribution in [0.15, 0.2) is 18.2 Å². The summed E-state index contributed by atoms with van der Waals surface area (Å²) in [5.41, 5.74) is 0.369. The van der Waals surface area contributed by atoms with Crippen LogP contribution in [0, 0.1) is 5.92 Å². The highest BCUT2D eigenvalue weighted by molar-refractivity contribution is 5.76. The summed E-state index contributed by atoms with van der Waals surface area (Å²) in [5.74, 6) is 0.743. The van der Waals surface area contributed by atoms with Gasteiger partial charge in [0, 0.05) is 24.4 Å². The second-order valence-corrected chi connectivity index (χ2v) is 8.76. The van der Waals surface area contributed by atoms with Crippen LogP contribution in [0.1, 0.15) is 69.9 Å². The molecule has 1 aromatic carbocycles. The number of hydrogen-bond donors (Lipinski definition) is 4. The molecule has 1 amide bonds. The third-order valence-electron chi connectivity index (χ3n) is 6.84. The Morgan fingerprint density at radius 2 is 2.14 bits per heavy atom. The van der Waals surface area contributed by atoms with E-state index < -0.39 is 5.60 Å². The number of rotatable bonds is 8. The SMILES string of the molecule is CCCCCNC(=O)C[NH+]1CC[C@]2(O)CCCC[C@@H]2[C@H]1c1ccc(O)c(OC)c1. The molecule has 1 aromatic rings. The van der Waals surface area contributed by atoms with Gasteiger partial charge in [-0.2, -0.15) is 0 Å². The number of aromatic hydroxyl groups is 1. The molecule has 29 heavy (non-hydrogen) atoms. The molecule has 2 fully saturated rings. The van der Waals surface area contributed by atoms with E-state index in [1.165, 1.54) is 4.90 Å². The number of carbonyl (C=O) groups is 1. The van der Waals surface area contributed by atoms with Crippen molar-refractivity contribution in [2.24, 2.45) is 5.92 Å². The molecule has 1 heterocycles. The fraction of sp³-hybridized carbons (Fsp3) is 0.696. The van der Waals surface area contributed by atoms with Crippen LogP contribution in [0.2, 0.25) is 0 Å². The van der Waals surface area contributed by atoms with E-state index in [1.54, 1.807) is 13.2 Å². The molecule has 0 bridgehead atoms. The minimum Gasteiger partial charge on any atom is -0.504 e. The molecule has 1 unspecified atom stereocenters. The van der Waals surface area contributed by atoms with E-state index in [1.807, 2.05) is 12.1 Å². The number of amides is 1. The van der Waals surface area contributed by atoms with E-state index in [0.717, 1.165) is 70.0 Å². The number of benzene rings is 1. The number of aliphatic hydroxyl groups is 1. The predicted molar refractivity (Wildman–Crippen MR) is 112 cm³/mol. The Bertz CT molecular complexity index is 695. The summed E-state index contributed by atoms with van der Waals surface area (Å²) in [4.78, 5) is 13.8. The second-order valence-electron chi connectivity index (χ2n) is 8.76. The van der Waals surface area contributed by atoms with Crippen molar-refractivity contribution in [2.75, 3.05) is 26.7 Å². The lowest BCUT2D eigenvalue weighted by Crippen LogP contribution is -3.16. The lowest BCUT2D eigenvalue weighted by Gasteiger charge is -2.50. The molecule has 0 spiro atoms. The smallest absolute Gasteiger partial charge is 0.275 e. The highest BCUT2D eigenvalue weighted by Crippen LogP contribution is 2.44. The molecule has 2 aliphatic rings. The molecule has 3 rings (SSSR count). The van der Waals surface area contributed by atoms with Gasteiger partial charge in [-0.1, -0.05) is 32.6 Å². The number of ether oxygens (including phenoxy) is 1. The summed E-state index contributed by atoms with van der Waals surface area (Å²) in [7, 11) is 1.55. The molecule has 6 heteroatoms. The van der Waals surface area contributed by atoms with Crippen LogP contribution in [0.4, 0.5) is 0 Å². The lowest BCUT2D eigenvalue weighted by molar-refractivity contribution is -0.937. The topological polar surface area (TPSA) is 83.2 Å². The number of piperidine rings is 1. The van der Waals surface area contributed by atoms with E-state index in [-0.39, 0.29) is 23.6 Å². The first-order valence-corrected chi connectivity index (χ1v) is 11.2. The quantitative estimate of drug-likeness (QED) is 0.498. The van der Waals surface area contributed by atoms with Crippen molar-refractivity contribution in [2.45, 2.75) is 69.9 Å². The van der Waals surface area contributed by atoms with Gasteiger partial charge < -0.3 is 25.2 Å². The van der Waals surface area contributed by atoms with E-state index in [4.69, 9.17) is 4.74 Å². The van der Waals surface area contributed by atoms with Crippen LogP contribution in [-0.4, -0.2) is 48.5 Å². The minimum absolute atomic E-state index is 0.0185. The zero-order valence-corrected chi connectivity index (χ0v) is 17.9. The van der Waals surface area contributed by atoms with Crippen LogP contribution >= 0.6 is 0 Å². The van der Waals surface area contributed by atoms with Gasteiger partial charge >= 0.3 is 0 Å². The van der Waals surface area contributed by atoms with Crippen LogP contribution in [0.3, 0.4) is 0 Å². The van der Waals surface area contributed by atoms with Gasteiger partial charge in [0.25, 0.3) is 5.91 Å². The first-order valence-electron chi connectivity index (χ1n) is 11.2. The van der Waals surface area contributed by atoms with Gasteiger partial charge in [-0.15, -0.1) is 0 Å². The number of phenolic OH excluding ortho intramolecular Hbond substituents is 1. The summed E-state index contributed by atoms with van der Waals surface area (Å²) in [5, 5.41) is 24.4. The fourth-order valence-electron chi connectivity index (χ4n) is 5.28. The zero-order valence-electron chi connectivity index (χ0n) is 17.9. The van der Waals surface area contributed by atoms with Crippen molar-refractivity contribution in [3.63, 3.8) is 0 Å². The molecule has 4 N–H and O–H groups in total. The van der Waals surface area contributed by atoms with Crippen LogP contribution in [-0.2, 0) is 4.79 Å². The van der Waals surface area contributed by atoms with E-state index >= 15 is 0 Å². The average Bonchev–Trinajstić information content (AvgIpc) is 2.72. The first-order chi connectivity index (χ1) is 14.0. The zero-order chi connectivity index (χ0) is 20.9. The summed E-state index contributed by atoms with van der Waals surface area (Å²) >= 11 is 0. The Morgan fingerprint density at radius 3 is 2.90 bits per heavy atom. The molecule has 1 saturated carbocycles. The van der Waals surface area contributed by atoms with Gasteiger partial charge in [-0.3, -0.25) is 4.79 Å². The molecular formula is C23H37N2O4+. The van der Waals surface area contributed by atoms with Crippen molar-refractivity contribution >= 4 is 5.91 Å². The van der Waals surface area contributed by atoms with Gasteiger partial charge in [0.2, 0.25) is 0 Å². The summed E-state index contributed by atoms with van der Waals surface area (Å²) in [6.45, 7) is 4.06. The summed E-state index contributed by atoms with van der Waals surface area (Å²) in [6.07, 6.45) is 7.98.